The van der Waals surface area contributed by atoms with Gasteiger partial charge in [-0.05, 0) is 43.5 Å². The number of benzene rings is 1. The minimum Gasteiger partial charge on any atom is -0.378 e. The fraction of sp³-hybridized carbons (Fsp3) is 0.350. The molecule has 0 aliphatic carbocycles. The molecule has 0 spiro atoms. The van der Waals surface area contributed by atoms with Crippen LogP contribution < -0.4 is 16.2 Å². The van der Waals surface area contributed by atoms with E-state index < -0.39 is 20.3 Å². The first-order valence-corrected chi connectivity index (χ1v) is 11.5. The molecule has 0 aliphatic heterocycles. The van der Waals surface area contributed by atoms with Crippen molar-refractivity contribution in [2.24, 2.45) is 0 Å². The molecule has 0 bridgehead atoms. The van der Waals surface area contributed by atoms with Gasteiger partial charge >= 0.3 is 0 Å². The Hall–Kier alpha value is -3.72. The average Bonchev–Trinajstić information content (AvgIpc) is 2.70. The number of hydrogen-bond donors (Lipinski definition) is 3. The van der Waals surface area contributed by atoms with E-state index in [0.29, 0.717) is 17.7 Å². The quantitative estimate of drug-likeness (QED) is 0.285. The van der Waals surface area contributed by atoms with Gasteiger partial charge in [-0.3, -0.25) is 19.7 Å². The number of carbonyl (C=O) groups excluding carboxylic acids is 1. The lowest BCUT2D eigenvalue weighted by Gasteiger charge is -2.12. The Kier molecular flexibility index (Phi) is 7.72. The molecule has 1 heterocycles. The number of nitrogens with zero attached hydrogens (tertiary/aromatic N) is 2. The second-order valence-electron chi connectivity index (χ2n) is 7.15. The molecule has 1 amide bonds. The van der Waals surface area contributed by atoms with Crippen LogP contribution in [0.3, 0.4) is 0 Å². The van der Waals surface area contributed by atoms with Gasteiger partial charge in [-0.25, -0.2) is 8.42 Å². The third-order valence-electron chi connectivity index (χ3n) is 4.88. The molecule has 3 N–H and O–H groups in total. The zero-order valence-electron chi connectivity index (χ0n) is 17.8. The van der Waals surface area contributed by atoms with E-state index in [1.165, 1.54) is 12.1 Å². The Balaban J connectivity index is 1.93. The Bertz CT molecular complexity index is 1260. The summed E-state index contributed by atoms with van der Waals surface area (Å²) in [5.74, 6) is -0.266. The molecule has 0 unspecified atom stereocenters. The first-order chi connectivity index (χ1) is 15.0. The maximum absolute atomic E-state index is 12.2. The molecule has 1 aromatic heterocycles. The topological polar surface area (TPSA) is 175 Å². The van der Waals surface area contributed by atoms with E-state index in [4.69, 9.17) is 5.26 Å². The number of carbonyl (C=O) groups is 1. The molecule has 0 radical (unpaired) electrons. The molecular weight excluding hydrogens is 438 g/mol. The number of nitro groups is 1. The highest BCUT2D eigenvalue weighted by molar-refractivity contribution is 7.90. The van der Waals surface area contributed by atoms with Crippen molar-refractivity contribution in [1.29, 1.82) is 5.26 Å². The molecular formula is C20H23N5O6S. The van der Waals surface area contributed by atoms with E-state index in [1.54, 1.807) is 13.8 Å². The smallest absolute Gasteiger partial charge is 0.293 e. The maximum atomic E-state index is 12.2. The monoisotopic (exact) mass is 461 g/mol. The Morgan fingerprint density at radius 3 is 2.56 bits per heavy atom. The van der Waals surface area contributed by atoms with E-state index in [2.05, 4.69) is 15.6 Å². The standard InChI is InChI=1S/C20H23N5O6S/c1-12-15(13(2)24-20(27)16(12)11-21)5-7-19(26)23-9-8-22-17-6-4-14(32(3,30)31)10-18(17)25(28)29/h4,6,10,22H,5,7-9H2,1-3H3,(H,23,26)(H,24,27). The lowest BCUT2D eigenvalue weighted by molar-refractivity contribution is -0.384. The largest absolute Gasteiger partial charge is 0.378 e. The first-order valence-electron chi connectivity index (χ1n) is 9.57. The highest BCUT2D eigenvalue weighted by Crippen LogP contribution is 2.27. The number of nitro benzene ring substituents is 1. The Morgan fingerprint density at radius 1 is 1.28 bits per heavy atom. The van der Waals surface area contributed by atoms with Gasteiger partial charge in [0.2, 0.25) is 5.91 Å². The van der Waals surface area contributed by atoms with Crippen LogP contribution in [0.2, 0.25) is 0 Å². The minimum atomic E-state index is -3.58. The van der Waals surface area contributed by atoms with E-state index in [9.17, 15) is 28.1 Å². The fourth-order valence-corrected chi connectivity index (χ4v) is 3.83. The highest BCUT2D eigenvalue weighted by atomic mass is 32.2. The van der Waals surface area contributed by atoms with Crippen molar-refractivity contribution in [2.45, 2.75) is 31.6 Å². The SMILES string of the molecule is Cc1[nH]c(=O)c(C#N)c(C)c1CCC(=O)NCCNc1ccc(S(C)(=O)=O)cc1[N+](=O)[O-]. The molecule has 1 aromatic carbocycles. The van der Waals surface area contributed by atoms with Gasteiger partial charge in [-0.1, -0.05) is 0 Å². The summed E-state index contributed by atoms with van der Waals surface area (Å²) in [4.78, 5) is 36.9. The normalized spacial score (nSPS) is 10.9. The number of sulfone groups is 1. The van der Waals surface area contributed by atoms with Crippen LogP contribution in [-0.2, 0) is 21.1 Å². The molecule has 0 fully saturated rings. The molecule has 12 heteroatoms. The molecule has 170 valence electrons. The minimum absolute atomic E-state index is 0.0266. The van der Waals surface area contributed by atoms with Crippen LogP contribution in [0.25, 0.3) is 0 Å². The second-order valence-corrected chi connectivity index (χ2v) is 9.17. The molecule has 32 heavy (non-hydrogen) atoms. The summed E-state index contributed by atoms with van der Waals surface area (Å²) in [7, 11) is -3.58. The number of H-pyrrole nitrogens is 1. The van der Waals surface area contributed by atoms with Gasteiger partial charge in [0.15, 0.2) is 9.84 Å². The Labute approximate surface area is 184 Å². The first kappa shape index (κ1) is 24.5. The van der Waals surface area contributed by atoms with Gasteiger partial charge in [0.1, 0.15) is 17.3 Å². The number of aromatic amines is 1. The van der Waals surface area contributed by atoms with Crippen LogP contribution in [0, 0.1) is 35.3 Å². The second kappa shape index (κ2) is 10.1. The number of pyridine rings is 1. The number of hydrogen-bond acceptors (Lipinski definition) is 8. The Morgan fingerprint density at radius 2 is 1.97 bits per heavy atom. The van der Waals surface area contributed by atoms with Crippen LogP contribution in [0.1, 0.15) is 28.8 Å². The van der Waals surface area contributed by atoms with Crippen molar-refractivity contribution >= 4 is 27.1 Å². The predicted octanol–water partition coefficient (Wildman–Crippen LogP) is 1.34. The highest BCUT2D eigenvalue weighted by Gasteiger charge is 2.18. The number of aromatic nitrogens is 1. The van der Waals surface area contributed by atoms with Crippen molar-refractivity contribution in [3.8, 4) is 6.07 Å². The predicted molar refractivity (Wildman–Crippen MR) is 117 cm³/mol. The van der Waals surface area contributed by atoms with E-state index in [0.717, 1.165) is 17.9 Å². The summed E-state index contributed by atoms with van der Waals surface area (Å²) in [6.45, 7) is 3.73. The fourth-order valence-electron chi connectivity index (χ4n) is 3.19. The molecule has 11 nitrogen and oxygen atoms in total. The summed E-state index contributed by atoms with van der Waals surface area (Å²) in [6, 6.07) is 5.43. The molecule has 0 saturated heterocycles. The molecule has 2 rings (SSSR count). The zero-order valence-corrected chi connectivity index (χ0v) is 18.6. The number of aryl methyl sites for hydroxylation is 1. The number of nitriles is 1. The van der Waals surface area contributed by atoms with E-state index in [1.807, 2.05) is 6.07 Å². The summed E-state index contributed by atoms with van der Waals surface area (Å²) < 4.78 is 23.2. The van der Waals surface area contributed by atoms with Gasteiger partial charge < -0.3 is 15.6 Å². The van der Waals surface area contributed by atoms with Gasteiger partial charge in [0.05, 0.1) is 9.82 Å². The zero-order chi connectivity index (χ0) is 24.1. The number of anilines is 1. The number of nitrogens with one attached hydrogen (secondary N) is 3. The summed E-state index contributed by atoms with van der Waals surface area (Å²) in [5.41, 5.74) is 1.21. The van der Waals surface area contributed by atoms with Crippen molar-refractivity contribution < 1.29 is 18.1 Å². The van der Waals surface area contributed by atoms with Crippen molar-refractivity contribution in [3.63, 3.8) is 0 Å². The molecule has 0 aliphatic rings. The van der Waals surface area contributed by atoms with Gasteiger partial charge in [0, 0.05) is 37.5 Å². The summed E-state index contributed by atoms with van der Waals surface area (Å²) in [5, 5.41) is 25.8. The van der Waals surface area contributed by atoms with E-state index >= 15 is 0 Å². The third kappa shape index (κ3) is 5.92. The molecule has 0 saturated carbocycles. The van der Waals surface area contributed by atoms with Crippen molar-refractivity contribution in [2.75, 3.05) is 24.7 Å². The molecule has 0 atom stereocenters. The molecule has 2 aromatic rings. The van der Waals surface area contributed by atoms with Crippen LogP contribution in [0.15, 0.2) is 27.9 Å². The van der Waals surface area contributed by atoms with Crippen LogP contribution >= 0.6 is 0 Å². The number of amides is 1. The van der Waals surface area contributed by atoms with E-state index in [-0.39, 0.29) is 47.3 Å². The number of rotatable bonds is 9. The lowest BCUT2D eigenvalue weighted by atomic mass is 9.99. The van der Waals surface area contributed by atoms with Crippen molar-refractivity contribution in [3.05, 3.63) is 61.1 Å². The summed E-state index contributed by atoms with van der Waals surface area (Å²) in [6.07, 6.45) is 1.43. The summed E-state index contributed by atoms with van der Waals surface area (Å²) >= 11 is 0. The van der Waals surface area contributed by atoms with Gasteiger partial charge in [-0.2, -0.15) is 5.26 Å². The van der Waals surface area contributed by atoms with Crippen LogP contribution in [0.5, 0.6) is 0 Å². The van der Waals surface area contributed by atoms with Gasteiger partial charge in [-0.15, -0.1) is 0 Å². The third-order valence-corrected chi connectivity index (χ3v) is 5.99. The maximum Gasteiger partial charge on any atom is 0.293 e. The van der Waals surface area contributed by atoms with Gasteiger partial charge in [0.25, 0.3) is 11.2 Å². The van der Waals surface area contributed by atoms with Crippen molar-refractivity contribution in [1.82, 2.24) is 10.3 Å². The van der Waals surface area contributed by atoms with Crippen LogP contribution in [0.4, 0.5) is 11.4 Å². The lowest BCUT2D eigenvalue weighted by Crippen LogP contribution is -2.29. The van der Waals surface area contributed by atoms with Crippen LogP contribution in [-0.4, -0.2) is 43.6 Å². The average molecular weight is 462 g/mol.